The number of allylic oxidation sites excluding steroid dienone is 1. The Kier molecular flexibility index (Phi) is 9.44. The fraction of sp³-hybridized carbons (Fsp3) is 0.360. The molecule has 6 nitrogen and oxygen atoms in total. The van der Waals surface area contributed by atoms with Crippen LogP contribution in [0.1, 0.15) is 42.3 Å². The van der Waals surface area contributed by atoms with Gasteiger partial charge in [-0.25, -0.2) is 4.39 Å². The Morgan fingerprint density at radius 3 is 2.36 bits per heavy atom. The smallest absolute Gasteiger partial charge is 0.201 e. The fourth-order valence-electron chi connectivity index (χ4n) is 3.29. The van der Waals surface area contributed by atoms with Crippen molar-refractivity contribution in [2.75, 3.05) is 20.8 Å². The van der Waals surface area contributed by atoms with Crippen LogP contribution in [0.2, 0.25) is 5.02 Å². The van der Waals surface area contributed by atoms with E-state index in [0.29, 0.717) is 16.9 Å². The van der Waals surface area contributed by atoms with Crippen molar-refractivity contribution < 1.29 is 28.6 Å². The van der Waals surface area contributed by atoms with Crippen molar-refractivity contribution in [1.82, 2.24) is 5.32 Å². The molecule has 0 aliphatic carbocycles. The maximum atomic E-state index is 14.5. The third-order valence-corrected chi connectivity index (χ3v) is 5.62. The standard InChI is InChI=1S/C25H29ClFNO5/c1-14(2)21(13-29)28-12-19(15(3)30)25(31)18-10-17(22(32-4)11-23(18)33-5)9-16-7-6-8-20(26)24(16)27/h6-8,10-12,14,21,28-29H,9,13H2,1-5H3/b19-12+/t21-/m1/s1. The topological polar surface area (TPSA) is 84.9 Å². The van der Waals surface area contributed by atoms with Gasteiger partial charge in [0.1, 0.15) is 17.3 Å². The van der Waals surface area contributed by atoms with E-state index in [9.17, 15) is 19.1 Å². The molecule has 1 atom stereocenters. The largest absolute Gasteiger partial charge is 0.496 e. The number of carbonyl (C=O) groups excluding carboxylic acids is 2. The summed E-state index contributed by atoms with van der Waals surface area (Å²) in [6.07, 6.45) is 1.43. The summed E-state index contributed by atoms with van der Waals surface area (Å²) in [6, 6.07) is 7.42. The molecular weight excluding hydrogens is 449 g/mol. The van der Waals surface area contributed by atoms with E-state index in [1.54, 1.807) is 12.1 Å². The molecule has 2 rings (SSSR count). The molecule has 0 radical (unpaired) electrons. The lowest BCUT2D eigenvalue weighted by Crippen LogP contribution is -2.34. The molecule has 0 spiro atoms. The number of benzene rings is 2. The summed E-state index contributed by atoms with van der Waals surface area (Å²) >= 11 is 5.90. The van der Waals surface area contributed by atoms with Gasteiger partial charge in [-0.2, -0.15) is 0 Å². The van der Waals surface area contributed by atoms with E-state index in [4.69, 9.17) is 21.1 Å². The molecule has 0 saturated carbocycles. The van der Waals surface area contributed by atoms with E-state index in [0.717, 1.165) is 0 Å². The zero-order valence-electron chi connectivity index (χ0n) is 19.4. The van der Waals surface area contributed by atoms with Crippen molar-refractivity contribution >= 4 is 23.2 Å². The van der Waals surface area contributed by atoms with Gasteiger partial charge in [0.15, 0.2) is 5.78 Å². The van der Waals surface area contributed by atoms with Gasteiger partial charge in [-0.15, -0.1) is 0 Å². The summed E-state index contributed by atoms with van der Waals surface area (Å²) in [4.78, 5) is 25.6. The zero-order chi connectivity index (χ0) is 24.7. The van der Waals surface area contributed by atoms with Crippen LogP contribution in [0, 0.1) is 11.7 Å². The Morgan fingerprint density at radius 2 is 1.82 bits per heavy atom. The summed E-state index contributed by atoms with van der Waals surface area (Å²) < 4.78 is 25.3. The minimum absolute atomic E-state index is 0.00672. The van der Waals surface area contributed by atoms with Crippen LogP contribution < -0.4 is 14.8 Å². The normalized spacial score (nSPS) is 12.5. The van der Waals surface area contributed by atoms with Gasteiger partial charge in [-0.3, -0.25) is 9.59 Å². The number of aliphatic hydroxyl groups excluding tert-OH is 1. The number of ketones is 2. The maximum absolute atomic E-state index is 14.5. The molecule has 0 aromatic heterocycles. The lowest BCUT2D eigenvalue weighted by atomic mass is 9.95. The van der Waals surface area contributed by atoms with Gasteiger partial charge in [0, 0.05) is 18.7 Å². The van der Waals surface area contributed by atoms with E-state index in [1.165, 1.54) is 45.5 Å². The van der Waals surface area contributed by atoms with Crippen molar-refractivity contribution in [3.05, 3.63) is 69.6 Å². The predicted molar refractivity (Wildman–Crippen MR) is 126 cm³/mol. The van der Waals surface area contributed by atoms with E-state index in [-0.39, 0.29) is 46.9 Å². The van der Waals surface area contributed by atoms with E-state index in [1.807, 2.05) is 13.8 Å². The molecule has 8 heteroatoms. The van der Waals surface area contributed by atoms with Crippen molar-refractivity contribution in [2.45, 2.75) is 33.2 Å². The van der Waals surface area contributed by atoms with Crippen LogP contribution in [0.3, 0.4) is 0 Å². The average Bonchev–Trinajstić information content (AvgIpc) is 2.78. The van der Waals surface area contributed by atoms with Gasteiger partial charge in [0.25, 0.3) is 0 Å². The number of halogens is 2. The predicted octanol–water partition coefficient (Wildman–Crippen LogP) is 4.35. The van der Waals surface area contributed by atoms with Crippen LogP contribution in [-0.4, -0.2) is 43.5 Å². The summed E-state index contributed by atoms with van der Waals surface area (Å²) in [5, 5.41) is 12.5. The monoisotopic (exact) mass is 477 g/mol. The summed E-state index contributed by atoms with van der Waals surface area (Å²) in [6.45, 7) is 4.94. The van der Waals surface area contributed by atoms with Gasteiger partial charge in [-0.1, -0.05) is 37.6 Å². The van der Waals surface area contributed by atoms with Crippen molar-refractivity contribution in [3.8, 4) is 11.5 Å². The number of hydrogen-bond acceptors (Lipinski definition) is 6. The van der Waals surface area contributed by atoms with Crippen molar-refractivity contribution in [2.24, 2.45) is 5.92 Å². The number of rotatable bonds is 11. The van der Waals surface area contributed by atoms with Crippen LogP contribution in [0.5, 0.6) is 11.5 Å². The summed E-state index contributed by atoms with van der Waals surface area (Å²) in [5.41, 5.74) is 0.881. The molecule has 2 N–H and O–H groups in total. The molecule has 0 heterocycles. The molecule has 0 unspecified atom stereocenters. The number of hydrogen-bond donors (Lipinski definition) is 2. The molecule has 2 aromatic carbocycles. The van der Waals surface area contributed by atoms with Crippen molar-refractivity contribution in [1.29, 1.82) is 0 Å². The number of ether oxygens (including phenoxy) is 2. The second kappa shape index (κ2) is 11.8. The number of Topliss-reactive ketones (excluding diaryl/α,β-unsaturated/α-hetero) is 2. The molecule has 0 aliphatic heterocycles. The Labute approximate surface area is 198 Å². The van der Waals surface area contributed by atoms with Crippen LogP contribution in [0.15, 0.2) is 42.1 Å². The first-order valence-electron chi connectivity index (χ1n) is 10.4. The quantitative estimate of drug-likeness (QED) is 0.217. The lowest BCUT2D eigenvalue weighted by Gasteiger charge is -2.19. The number of methoxy groups -OCH3 is 2. The van der Waals surface area contributed by atoms with Crippen LogP contribution in [0.4, 0.5) is 4.39 Å². The first-order valence-corrected chi connectivity index (χ1v) is 10.8. The van der Waals surface area contributed by atoms with Crippen molar-refractivity contribution in [3.63, 3.8) is 0 Å². The van der Waals surface area contributed by atoms with E-state index >= 15 is 0 Å². The molecule has 0 fully saturated rings. The van der Waals surface area contributed by atoms with Crippen LogP contribution in [-0.2, 0) is 11.2 Å². The SMILES string of the molecule is COc1cc(OC)c(C(=O)/C(=C/N[C@H](CO)C(C)C)C(C)=O)cc1Cc1cccc(Cl)c1F. The van der Waals surface area contributed by atoms with Gasteiger partial charge < -0.3 is 19.9 Å². The number of carbonyl (C=O) groups is 2. The highest BCUT2D eigenvalue weighted by Crippen LogP contribution is 2.33. The first-order chi connectivity index (χ1) is 15.6. The highest BCUT2D eigenvalue weighted by molar-refractivity contribution is 6.30. The summed E-state index contributed by atoms with van der Waals surface area (Å²) in [7, 11) is 2.86. The highest BCUT2D eigenvalue weighted by atomic mass is 35.5. The molecule has 178 valence electrons. The number of aliphatic hydroxyl groups is 1. The van der Waals surface area contributed by atoms with Crippen LogP contribution in [0.25, 0.3) is 0 Å². The third kappa shape index (κ3) is 6.33. The highest BCUT2D eigenvalue weighted by Gasteiger charge is 2.24. The van der Waals surface area contributed by atoms with Crippen LogP contribution >= 0.6 is 11.6 Å². The number of nitrogens with one attached hydrogen (secondary N) is 1. The average molecular weight is 478 g/mol. The van der Waals surface area contributed by atoms with E-state index in [2.05, 4.69) is 5.32 Å². The Bertz CT molecular complexity index is 1050. The Hall–Kier alpha value is -2.90. The zero-order valence-corrected chi connectivity index (χ0v) is 20.1. The molecule has 33 heavy (non-hydrogen) atoms. The molecule has 0 bridgehead atoms. The Balaban J connectivity index is 2.54. The summed E-state index contributed by atoms with van der Waals surface area (Å²) in [5.74, 6) is -0.890. The first kappa shape index (κ1) is 26.4. The Morgan fingerprint density at radius 1 is 1.15 bits per heavy atom. The molecule has 0 aliphatic rings. The maximum Gasteiger partial charge on any atom is 0.201 e. The molecule has 0 amide bonds. The molecule has 0 saturated heterocycles. The van der Waals surface area contributed by atoms with Gasteiger partial charge in [0.2, 0.25) is 5.78 Å². The minimum atomic E-state index is -0.567. The second-order valence-corrected chi connectivity index (χ2v) is 8.30. The molecular formula is C25H29ClFNO5. The van der Waals surface area contributed by atoms with Gasteiger partial charge >= 0.3 is 0 Å². The molecule has 2 aromatic rings. The third-order valence-electron chi connectivity index (χ3n) is 5.33. The van der Waals surface area contributed by atoms with Gasteiger partial charge in [0.05, 0.1) is 43.0 Å². The van der Waals surface area contributed by atoms with E-state index < -0.39 is 17.4 Å². The lowest BCUT2D eigenvalue weighted by molar-refractivity contribution is -0.113. The second-order valence-electron chi connectivity index (χ2n) is 7.90. The minimum Gasteiger partial charge on any atom is -0.496 e. The van der Waals surface area contributed by atoms with Gasteiger partial charge in [-0.05, 0) is 36.1 Å². The fourth-order valence-corrected chi connectivity index (χ4v) is 3.48.